The molecule has 0 fully saturated rings. The van der Waals surface area contributed by atoms with Crippen LogP contribution in [0.25, 0.3) is 0 Å². The molecule has 1 N–H and O–H groups in total. The van der Waals surface area contributed by atoms with Crippen molar-refractivity contribution >= 4 is 23.4 Å². The first-order valence-corrected chi connectivity index (χ1v) is 8.14. The maximum absolute atomic E-state index is 6.31. The minimum atomic E-state index is 0.514. The molecule has 3 nitrogen and oxygen atoms in total. The third-order valence-corrected chi connectivity index (χ3v) is 4.39. The lowest BCUT2D eigenvalue weighted by atomic mass is 10.2. The van der Waals surface area contributed by atoms with Gasteiger partial charge in [-0.05, 0) is 31.3 Å². The van der Waals surface area contributed by atoms with Crippen LogP contribution in [0, 0.1) is 0 Å². The van der Waals surface area contributed by atoms with E-state index < -0.39 is 0 Å². The highest BCUT2D eigenvalue weighted by atomic mass is 35.5. The first-order valence-electron chi connectivity index (χ1n) is 6.61. The van der Waals surface area contributed by atoms with Gasteiger partial charge in [-0.15, -0.1) is 0 Å². The van der Waals surface area contributed by atoms with E-state index in [1.165, 1.54) is 17.9 Å². The number of halogens is 1. The third-order valence-electron chi connectivity index (χ3n) is 3.02. The average Bonchev–Trinajstić information content (AvgIpc) is 2.62. The predicted molar refractivity (Wildman–Crippen MR) is 81.5 cm³/mol. The highest BCUT2D eigenvalue weighted by Gasteiger charge is 2.13. The van der Waals surface area contributed by atoms with Crippen molar-refractivity contribution in [3.8, 4) is 0 Å². The van der Waals surface area contributed by atoms with E-state index in [0.29, 0.717) is 6.04 Å². The number of nitrogens with zero attached hydrogens (tertiary/aromatic N) is 2. The predicted octanol–water partition coefficient (Wildman–Crippen LogP) is 3.26. The van der Waals surface area contributed by atoms with Crippen LogP contribution in [0.3, 0.4) is 0 Å². The molecule has 0 bridgehead atoms. The zero-order valence-corrected chi connectivity index (χ0v) is 13.4. The van der Waals surface area contributed by atoms with E-state index >= 15 is 0 Å². The normalized spacial score (nSPS) is 12.9. The zero-order valence-electron chi connectivity index (χ0n) is 11.8. The standard InChI is InChI=1S/C13H24ClN3S/c1-5-11-13(14)12(17(4)16-11)9-15-10(3)7-8-18-6-2/h10,15H,5-9H2,1-4H3. The fourth-order valence-corrected chi connectivity index (χ4v) is 2.96. The van der Waals surface area contributed by atoms with Crippen molar-refractivity contribution < 1.29 is 0 Å². The number of hydrogen-bond acceptors (Lipinski definition) is 3. The molecule has 0 radical (unpaired) electrons. The third kappa shape index (κ3) is 4.48. The largest absolute Gasteiger partial charge is 0.309 e. The van der Waals surface area contributed by atoms with Crippen molar-refractivity contribution in [1.82, 2.24) is 15.1 Å². The minimum Gasteiger partial charge on any atom is -0.309 e. The van der Waals surface area contributed by atoms with Crippen molar-refractivity contribution in [2.75, 3.05) is 11.5 Å². The number of aryl methyl sites for hydroxylation is 2. The van der Waals surface area contributed by atoms with E-state index in [9.17, 15) is 0 Å². The Morgan fingerprint density at radius 2 is 2.17 bits per heavy atom. The van der Waals surface area contributed by atoms with Gasteiger partial charge in [-0.3, -0.25) is 4.68 Å². The average molecular weight is 290 g/mol. The molecule has 1 atom stereocenters. The molecule has 1 aromatic heterocycles. The Kier molecular flexibility index (Phi) is 7.12. The molecule has 0 aliphatic rings. The van der Waals surface area contributed by atoms with Gasteiger partial charge >= 0.3 is 0 Å². The molecule has 0 aromatic carbocycles. The molecular weight excluding hydrogens is 266 g/mol. The summed E-state index contributed by atoms with van der Waals surface area (Å²) in [6.45, 7) is 7.29. The Morgan fingerprint density at radius 3 is 2.72 bits per heavy atom. The van der Waals surface area contributed by atoms with Gasteiger partial charge < -0.3 is 5.32 Å². The summed E-state index contributed by atoms with van der Waals surface area (Å²) in [6.07, 6.45) is 2.07. The van der Waals surface area contributed by atoms with Crippen molar-refractivity contribution in [3.63, 3.8) is 0 Å². The fraction of sp³-hybridized carbons (Fsp3) is 0.769. The summed E-state index contributed by atoms with van der Waals surface area (Å²) in [5, 5.41) is 8.76. The van der Waals surface area contributed by atoms with Gasteiger partial charge in [0.15, 0.2) is 0 Å². The number of aromatic nitrogens is 2. The van der Waals surface area contributed by atoms with Crippen LogP contribution in [0.4, 0.5) is 0 Å². The molecule has 5 heteroatoms. The quantitative estimate of drug-likeness (QED) is 0.745. The van der Waals surface area contributed by atoms with Crippen LogP contribution in [0.15, 0.2) is 0 Å². The van der Waals surface area contributed by atoms with Crippen LogP contribution in [0.5, 0.6) is 0 Å². The van der Waals surface area contributed by atoms with E-state index in [1.807, 2.05) is 23.5 Å². The summed E-state index contributed by atoms with van der Waals surface area (Å²) in [6, 6.07) is 0.514. The molecular formula is C13H24ClN3S. The van der Waals surface area contributed by atoms with E-state index in [2.05, 4.69) is 31.2 Å². The Hall–Kier alpha value is -0.190. The second-order valence-electron chi connectivity index (χ2n) is 4.45. The second-order valence-corrected chi connectivity index (χ2v) is 6.22. The van der Waals surface area contributed by atoms with Crippen LogP contribution in [-0.2, 0) is 20.0 Å². The molecule has 1 heterocycles. The summed E-state index contributed by atoms with van der Waals surface area (Å²) < 4.78 is 1.89. The molecule has 0 aliphatic heterocycles. The van der Waals surface area contributed by atoms with Crippen LogP contribution in [0.2, 0.25) is 5.02 Å². The van der Waals surface area contributed by atoms with Crippen LogP contribution < -0.4 is 5.32 Å². The number of nitrogens with one attached hydrogen (secondary N) is 1. The van der Waals surface area contributed by atoms with Gasteiger partial charge in [0.25, 0.3) is 0 Å². The molecule has 1 rings (SSSR count). The van der Waals surface area contributed by atoms with Gasteiger partial charge in [0.05, 0.1) is 16.4 Å². The van der Waals surface area contributed by atoms with Crippen LogP contribution >= 0.6 is 23.4 Å². The lowest BCUT2D eigenvalue weighted by molar-refractivity contribution is 0.519. The summed E-state index contributed by atoms with van der Waals surface area (Å²) in [5.74, 6) is 2.41. The van der Waals surface area contributed by atoms with Gasteiger partial charge in [0.1, 0.15) is 0 Å². The number of hydrogen-bond donors (Lipinski definition) is 1. The smallest absolute Gasteiger partial charge is 0.0863 e. The Bertz CT molecular complexity index is 365. The molecule has 0 aliphatic carbocycles. The van der Waals surface area contributed by atoms with Gasteiger partial charge in [0.2, 0.25) is 0 Å². The van der Waals surface area contributed by atoms with E-state index in [4.69, 9.17) is 11.6 Å². The van der Waals surface area contributed by atoms with Crippen LogP contribution in [0.1, 0.15) is 38.6 Å². The van der Waals surface area contributed by atoms with Crippen molar-refractivity contribution in [3.05, 3.63) is 16.4 Å². The maximum atomic E-state index is 6.31. The van der Waals surface area contributed by atoms with Gasteiger partial charge in [0, 0.05) is 19.6 Å². The SMILES string of the molecule is CCSCCC(C)NCc1c(Cl)c(CC)nn1C. The highest BCUT2D eigenvalue weighted by Crippen LogP contribution is 2.20. The van der Waals surface area contributed by atoms with E-state index in [-0.39, 0.29) is 0 Å². The topological polar surface area (TPSA) is 29.9 Å². The molecule has 0 spiro atoms. The Morgan fingerprint density at radius 1 is 1.44 bits per heavy atom. The van der Waals surface area contributed by atoms with Crippen molar-refractivity contribution in [2.45, 2.75) is 46.2 Å². The maximum Gasteiger partial charge on any atom is 0.0863 e. The second kappa shape index (κ2) is 8.08. The van der Waals surface area contributed by atoms with Gasteiger partial charge in [-0.1, -0.05) is 25.4 Å². The first kappa shape index (κ1) is 15.9. The van der Waals surface area contributed by atoms with E-state index in [0.717, 1.165) is 29.4 Å². The molecule has 1 unspecified atom stereocenters. The molecule has 0 saturated carbocycles. The molecule has 1 aromatic rings. The summed E-state index contributed by atoms with van der Waals surface area (Å²) in [4.78, 5) is 0. The lowest BCUT2D eigenvalue weighted by Crippen LogP contribution is -2.27. The number of rotatable bonds is 8. The zero-order chi connectivity index (χ0) is 13.5. The summed E-state index contributed by atoms with van der Waals surface area (Å²) in [7, 11) is 1.96. The van der Waals surface area contributed by atoms with E-state index in [1.54, 1.807) is 0 Å². The minimum absolute atomic E-state index is 0.514. The Balaban J connectivity index is 2.45. The van der Waals surface area contributed by atoms with Gasteiger partial charge in [-0.2, -0.15) is 16.9 Å². The molecule has 0 saturated heterocycles. The summed E-state index contributed by atoms with van der Waals surface area (Å²) >= 11 is 8.30. The fourth-order valence-electron chi connectivity index (χ4n) is 1.79. The van der Waals surface area contributed by atoms with Crippen molar-refractivity contribution in [2.24, 2.45) is 7.05 Å². The van der Waals surface area contributed by atoms with Crippen LogP contribution in [-0.4, -0.2) is 27.3 Å². The summed E-state index contributed by atoms with van der Waals surface area (Å²) in [5.41, 5.74) is 2.08. The lowest BCUT2D eigenvalue weighted by Gasteiger charge is -2.13. The first-order chi connectivity index (χ1) is 8.60. The monoisotopic (exact) mass is 289 g/mol. The molecule has 104 valence electrons. The molecule has 0 amide bonds. The van der Waals surface area contributed by atoms with Crippen molar-refractivity contribution in [1.29, 1.82) is 0 Å². The highest BCUT2D eigenvalue weighted by molar-refractivity contribution is 7.99. The van der Waals surface area contributed by atoms with Gasteiger partial charge in [-0.25, -0.2) is 0 Å². The Labute approximate surface area is 120 Å². The molecule has 18 heavy (non-hydrogen) atoms. The number of thioether (sulfide) groups is 1.